The molecule has 16 heavy (non-hydrogen) atoms. The third-order valence-corrected chi connectivity index (χ3v) is 2.14. The summed E-state index contributed by atoms with van der Waals surface area (Å²) in [6.07, 6.45) is 0. The third kappa shape index (κ3) is 3.58. The van der Waals surface area contributed by atoms with Crippen molar-refractivity contribution in [3.63, 3.8) is 0 Å². The third-order valence-electron chi connectivity index (χ3n) is 1.83. The van der Waals surface area contributed by atoms with Gasteiger partial charge in [-0.15, -0.1) is 0 Å². The average Bonchev–Trinajstić information content (AvgIpc) is 2.16. The molecule has 0 heterocycles. The van der Waals surface area contributed by atoms with Crippen LogP contribution in [0.1, 0.15) is 15.9 Å². The van der Waals surface area contributed by atoms with Gasteiger partial charge in [0, 0.05) is 5.56 Å². The van der Waals surface area contributed by atoms with Crippen LogP contribution in [0.5, 0.6) is 0 Å². The van der Waals surface area contributed by atoms with Gasteiger partial charge in [0.2, 0.25) is 0 Å². The first-order chi connectivity index (χ1) is 7.50. The second-order valence-electron chi connectivity index (χ2n) is 3.54. The van der Waals surface area contributed by atoms with Crippen molar-refractivity contribution in [1.82, 2.24) is 4.90 Å². The van der Waals surface area contributed by atoms with E-state index < -0.39 is 5.97 Å². The summed E-state index contributed by atoms with van der Waals surface area (Å²) in [5, 5.41) is 8.99. The minimum atomic E-state index is -1.03. The zero-order valence-electron chi connectivity index (χ0n) is 9.12. The summed E-state index contributed by atoms with van der Waals surface area (Å²) in [6, 6.07) is 4.68. The van der Waals surface area contributed by atoms with Crippen molar-refractivity contribution in [2.45, 2.75) is 0 Å². The van der Waals surface area contributed by atoms with Gasteiger partial charge in [-0.3, -0.25) is 4.90 Å². The molecule has 4 heteroatoms. The van der Waals surface area contributed by atoms with Crippen LogP contribution < -0.4 is 0 Å². The molecule has 0 saturated heterocycles. The van der Waals surface area contributed by atoms with Crippen LogP contribution in [0.25, 0.3) is 0 Å². The zero-order valence-corrected chi connectivity index (χ0v) is 9.88. The van der Waals surface area contributed by atoms with E-state index in [1.54, 1.807) is 12.1 Å². The molecule has 0 unspecified atom stereocenters. The van der Waals surface area contributed by atoms with E-state index in [2.05, 4.69) is 11.8 Å². The number of rotatable bonds is 2. The maximum Gasteiger partial charge on any atom is 0.337 e. The van der Waals surface area contributed by atoms with E-state index in [0.29, 0.717) is 6.54 Å². The highest BCUT2D eigenvalue weighted by Crippen LogP contribution is 2.17. The van der Waals surface area contributed by atoms with Gasteiger partial charge in [-0.2, -0.15) is 0 Å². The standard InChI is InChI=1S/C12H12ClNO2/c1-14(2)7-3-4-9-5-6-10(12(15)16)11(13)8-9/h5-6,8H,7H2,1-2H3,(H,15,16). The van der Waals surface area contributed by atoms with Crippen LogP contribution in [0.4, 0.5) is 0 Å². The first-order valence-electron chi connectivity index (χ1n) is 4.67. The number of nitrogens with zero attached hydrogens (tertiary/aromatic N) is 1. The fraction of sp³-hybridized carbons (Fsp3) is 0.250. The first kappa shape index (κ1) is 12.6. The van der Waals surface area contributed by atoms with Gasteiger partial charge in [-0.05, 0) is 32.3 Å². The topological polar surface area (TPSA) is 40.5 Å². The molecule has 1 N–H and O–H groups in total. The summed E-state index contributed by atoms with van der Waals surface area (Å²) in [5.74, 6) is 4.83. The number of carboxylic acids is 1. The minimum absolute atomic E-state index is 0.0971. The van der Waals surface area contributed by atoms with Gasteiger partial charge in [0.05, 0.1) is 17.1 Å². The molecule has 1 aromatic carbocycles. The van der Waals surface area contributed by atoms with Crippen molar-refractivity contribution in [1.29, 1.82) is 0 Å². The molecule has 0 aromatic heterocycles. The molecule has 0 radical (unpaired) electrons. The molecule has 84 valence electrons. The number of carbonyl (C=O) groups is 1. The van der Waals surface area contributed by atoms with Crippen LogP contribution in [0.2, 0.25) is 5.02 Å². The van der Waals surface area contributed by atoms with Crippen molar-refractivity contribution in [3.8, 4) is 11.8 Å². The van der Waals surface area contributed by atoms with E-state index in [0.717, 1.165) is 5.56 Å². The molecule has 0 bridgehead atoms. The largest absolute Gasteiger partial charge is 0.478 e. The van der Waals surface area contributed by atoms with Gasteiger partial charge in [-0.1, -0.05) is 23.4 Å². The molecule has 1 rings (SSSR count). The number of carboxylic acid groups (broad SMARTS) is 1. The van der Waals surface area contributed by atoms with Crippen molar-refractivity contribution in [3.05, 3.63) is 34.3 Å². The number of hydrogen-bond acceptors (Lipinski definition) is 2. The van der Waals surface area contributed by atoms with Crippen LogP contribution >= 0.6 is 11.6 Å². The molecule has 0 spiro atoms. The smallest absolute Gasteiger partial charge is 0.337 e. The number of benzene rings is 1. The number of hydrogen-bond donors (Lipinski definition) is 1. The lowest BCUT2D eigenvalue weighted by Crippen LogP contribution is -2.10. The van der Waals surface area contributed by atoms with Gasteiger partial charge in [-0.25, -0.2) is 4.79 Å². The average molecular weight is 238 g/mol. The fourth-order valence-corrected chi connectivity index (χ4v) is 1.33. The van der Waals surface area contributed by atoms with Gasteiger partial charge >= 0.3 is 5.97 Å². The molecule has 0 saturated carbocycles. The summed E-state index contributed by atoms with van der Waals surface area (Å²) in [7, 11) is 3.85. The molecule has 0 fully saturated rings. The second kappa shape index (κ2) is 5.55. The summed E-state index contributed by atoms with van der Waals surface area (Å²) >= 11 is 5.81. The van der Waals surface area contributed by atoms with E-state index in [4.69, 9.17) is 16.7 Å². The molecule has 0 aliphatic carbocycles. The summed E-state index contributed by atoms with van der Waals surface area (Å²) in [4.78, 5) is 12.7. The Hall–Kier alpha value is -1.50. The van der Waals surface area contributed by atoms with Crippen molar-refractivity contribution >= 4 is 17.6 Å². The lowest BCUT2D eigenvalue weighted by molar-refractivity contribution is 0.0697. The van der Waals surface area contributed by atoms with Crippen molar-refractivity contribution in [2.75, 3.05) is 20.6 Å². The monoisotopic (exact) mass is 237 g/mol. The van der Waals surface area contributed by atoms with E-state index in [9.17, 15) is 4.79 Å². The molecule has 3 nitrogen and oxygen atoms in total. The Balaban J connectivity index is 2.88. The molecule has 0 aliphatic heterocycles. The number of halogens is 1. The highest BCUT2D eigenvalue weighted by Gasteiger charge is 2.07. The maximum absolute atomic E-state index is 10.7. The molecule has 0 aliphatic rings. The summed E-state index contributed by atoms with van der Waals surface area (Å²) in [5.41, 5.74) is 0.816. The Morgan fingerprint density at radius 3 is 2.69 bits per heavy atom. The number of aromatic carboxylic acids is 1. The lowest BCUT2D eigenvalue weighted by atomic mass is 10.1. The summed E-state index contributed by atoms with van der Waals surface area (Å²) < 4.78 is 0. The second-order valence-corrected chi connectivity index (χ2v) is 3.95. The highest BCUT2D eigenvalue weighted by atomic mass is 35.5. The Labute approximate surface area is 99.6 Å². The quantitative estimate of drug-likeness (QED) is 0.800. The van der Waals surface area contributed by atoms with E-state index in [-0.39, 0.29) is 10.6 Å². The van der Waals surface area contributed by atoms with Crippen LogP contribution in [-0.4, -0.2) is 36.6 Å². The Bertz CT molecular complexity index is 458. The SMILES string of the molecule is CN(C)CC#Cc1ccc(C(=O)O)c(Cl)c1. The first-order valence-corrected chi connectivity index (χ1v) is 5.05. The van der Waals surface area contributed by atoms with Crippen LogP contribution in [0.3, 0.4) is 0 Å². The molecule has 0 atom stereocenters. The lowest BCUT2D eigenvalue weighted by Gasteiger charge is -2.01. The van der Waals surface area contributed by atoms with Crippen molar-refractivity contribution in [2.24, 2.45) is 0 Å². The predicted octanol–water partition coefficient (Wildman–Crippen LogP) is 1.95. The minimum Gasteiger partial charge on any atom is -0.478 e. The van der Waals surface area contributed by atoms with Crippen molar-refractivity contribution < 1.29 is 9.90 Å². The molecular formula is C12H12ClNO2. The Morgan fingerprint density at radius 2 is 2.19 bits per heavy atom. The Kier molecular flexibility index (Phi) is 4.36. The van der Waals surface area contributed by atoms with Gasteiger partial charge in [0.15, 0.2) is 0 Å². The Morgan fingerprint density at radius 1 is 1.50 bits per heavy atom. The molecule has 1 aromatic rings. The van der Waals surface area contributed by atoms with Crippen LogP contribution in [-0.2, 0) is 0 Å². The molecule has 0 amide bonds. The normalized spacial score (nSPS) is 9.75. The van der Waals surface area contributed by atoms with Crippen LogP contribution in [0.15, 0.2) is 18.2 Å². The van der Waals surface area contributed by atoms with Gasteiger partial charge in [0.1, 0.15) is 0 Å². The maximum atomic E-state index is 10.7. The molecular weight excluding hydrogens is 226 g/mol. The van der Waals surface area contributed by atoms with E-state index >= 15 is 0 Å². The van der Waals surface area contributed by atoms with Gasteiger partial charge < -0.3 is 5.11 Å². The van der Waals surface area contributed by atoms with E-state index in [1.165, 1.54) is 6.07 Å². The fourth-order valence-electron chi connectivity index (χ4n) is 1.07. The van der Waals surface area contributed by atoms with Crippen LogP contribution in [0, 0.1) is 11.8 Å². The zero-order chi connectivity index (χ0) is 12.1. The predicted molar refractivity (Wildman–Crippen MR) is 63.8 cm³/mol. The summed E-state index contributed by atoms with van der Waals surface area (Å²) in [6.45, 7) is 0.651. The highest BCUT2D eigenvalue weighted by molar-refractivity contribution is 6.33. The van der Waals surface area contributed by atoms with Gasteiger partial charge in [0.25, 0.3) is 0 Å². The van der Waals surface area contributed by atoms with E-state index in [1.807, 2.05) is 19.0 Å².